The van der Waals surface area contributed by atoms with E-state index in [0.717, 1.165) is 0 Å². The maximum atomic E-state index is 12.9. The van der Waals surface area contributed by atoms with Crippen molar-refractivity contribution in [3.63, 3.8) is 0 Å². The first-order chi connectivity index (χ1) is 12.9. The molecule has 1 aliphatic heterocycles. The van der Waals surface area contributed by atoms with Gasteiger partial charge in [-0.3, -0.25) is 4.79 Å². The normalized spacial score (nSPS) is 15.5. The van der Waals surface area contributed by atoms with Gasteiger partial charge in [-0.25, -0.2) is 9.59 Å². The predicted molar refractivity (Wildman–Crippen MR) is 98.7 cm³/mol. The van der Waals surface area contributed by atoms with Crippen molar-refractivity contribution in [1.82, 2.24) is 4.90 Å². The van der Waals surface area contributed by atoms with Crippen molar-refractivity contribution in [2.24, 2.45) is 0 Å². The van der Waals surface area contributed by atoms with Gasteiger partial charge in [0.2, 0.25) is 0 Å². The molecule has 0 spiro atoms. The highest BCUT2D eigenvalue weighted by molar-refractivity contribution is 6.16. The fraction of sp³-hybridized carbons (Fsp3) is 0.350. The third-order valence-corrected chi connectivity index (χ3v) is 4.27. The molecule has 0 saturated heterocycles. The van der Waals surface area contributed by atoms with E-state index in [1.807, 2.05) is 0 Å². The van der Waals surface area contributed by atoms with Gasteiger partial charge in [-0.1, -0.05) is 12.1 Å². The van der Waals surface area contributed by atoms with E-state index in [-0.39, 0.29) is 17.1 Å². The van der Waals surface area contributed by atoms with E-state index in [9.17, 15) is 14.4 Å². The quantitative estimate of drug-likeness (QED) is 0.414. The number of nitrogens with zero attached hydrogens (tertiary/aromatic N) is 1. The van der Waals surface area contributed by atoms with Crippen LogP contribution in [-0.2, 0) is 23.8 Å². The molecule has 7 heteroatoms. The highest BCUT2D eigenvalue weighted by Gasteiger charge is 2.36. The first kappa shape index (κ1) is 20.4. The summed E-state index contributed by atoms with van der Waals surface area (Å²) in [7, 11) is 4.19. The lowest BCUT2D eigenvalue weighted by atomic mass is 10.0. The Hall–Kier alpha value is -2.93. The van der Waals surface area contributed by atoms with Crippen LogP contribution in [0.3, 0.4) is 0 Å². The van der Waals surface area contributed by atoms with Crippen molar-refractivity contribution in [2.75, 3.05) is 34.5 Å². The van der Waals surface area contributed by atoms with E-state index in [4.69, 9.17) is 9.47 Å². The van der Waals surface area contributed by atoms with Crippen LogP contribution in [0, 0.1) is 0 Å². The zero-order valence-electron chi connectivity index (χ0n) is 15.9. The van der Waals surface area contributed by atoms with Gasteiger partial charge in [0.15, 0.2) is 0 Å². The van der Waals surface area contributed by atoms with Crippen molar-refractivity contribution in [2.45, 2.75) is 13.3 Å². The minimum Gasteiger partial charge on any atom is -0.465 e. The van der Waals surface area contributed by atoms with Crippen LogP contribution in [0.2, 0.25) is 0 Å². The summed E-state index contributed by atoms with van der Waals surface area (Å²) in [5.74, 6) is -1.27. The topological polar surface area (TPSA) is 82.1 Å². The van der Waals surface area contributed by atoms with Crippen LogP contribution in [0.5, 0.6) is 0 Å². The van der Waals surface area contributed by atoms with Crippen LogP contribution < -0.4 is 0 Å². The van der Waals surface area contributed by atoms with Gasteiger partial charge in [0.1, 0.15) is 0 Å². The summed E-state index contributed by atoms with van der Waals surface area (Å²) < 4.78 is 14.6. The molecule has 1 amide bonds. The Balaban J connectivity index is 2.37. The van der Waals surface area contributed by atoms with Crippen LogP contribution >= 0.6 is 0 Å². The van der Waals surface area contributed by atoms with Crippen molar-refractivity contribution < 1.29 is 28.6 Å². The molecule has 1 aromatic carbocycles. The van der Waals surface area contributed by atoms with E-state index in [1.54, 1.807) is 49.3 Å². The molecule has 144 valence electrons. The molecule has 0 aliphatic carbocycles. The second kappa shape index (κ2) is 9.14. The van der Waals surface area contributed by atoms with Crippen molar-refractivity contribution in [1.29, 1.82) is 0 Å². The average Bonchev–Trinajstić information content (AvgIpc) is 2.91. The van der Waals surface area contributed by atoms with E-state index >= 15 is 0 Å². The standard InChI is InChI=1S/C20H23NO6/c1-13-17(20(24)27-4)16(18(22)21(13)10-5-11-25-2)12-14-6-8-15(9-7-14)19(23)26-3/h6-9,12H,5,10-11H2,1-4H3. The Bertz CT molecular complexity index is 791. The Morgan fingerprint density at radius 2 is 1.67 bits per heavy atom. The van der Waals surface area contributed by atoms with Crippen LogP contribution in [0.4, 0.5) is 0 Å². The van der Waals surface area contributed by atoms with Crippen molar-refractivity contribution >= 4 is 23.9 Å². The number of carbonyl (C=O) groups is 3. The molecule has 0 atom stereocenters. The van der Waals surface area contributed by atoms with E-state index in [1.165, 1.54) is 14.2 Å². The molecular weight excluding hydrogens is 350 g/mol. The van der Waals surface area contributed by atoms with Crippen LogP contribution in [0.25, 0.3) is 6.08 Å². The molecule has 1 heterocycles. The lowest BCUT2D eigenvalue weighted by molar-refractivity contribution is -0.136. The minimum absolute atomic E-state index is 0.247. The van der Waals surface area contributed by atoms with E-state index < -0.39 is 11.9 Å². The van der Waals surface area contributed by atoms with Gasteiger partial charge in [0.05, 0.1) is 30.9 Å². The number of hydrogen-bond donors (Lipinski definition) is 0. The average molecular weight is 373 g/mol. The summed E-state index contributed by atoms with van der Waals surface area (Å²) in [5, 5.41) is 0. The minimum atomic E-state index is -0.562. The monoisotopic (exact) mass is 373 g/mol. The number of hydrogen-bond acceptors (Lipinski definition) is 6. The predicted octanol–water partition coefficient (Wildman–Crippen LogP) is 2.18. The molecule has 0 radical (unpaired) electrons. The number of carbonyl (C=O) groups excluding carboxylic acids is 3. The largest absolute Gasteiger partial charge is 0.465 e. The molecule has 1 aliphatic rings. The van der Waals surface area contributed by atoms with Gasteiger partial charge in [-0.05, 0) is 37.1 Å². The van der Waals surface area contributed by atoms with Gasteiger partial charge >= 0.3 is 11.9 Å². The summed E-state index contributed by atoms with van der Waals surface area (Å²) >= 11 is 0. The van der Waals surface area contributed by atoms with Crippen molar-refractivity contribution in [3.05, 3.63) is 52.2 Å². The second-order valence-corrected chi connectivity index (χ2v) is 5.93. The molecule has 0 aromatic heterocycles. The lowest BCUT2D eigenvalue weighted by Crippen LogP contribution is -2.26. The van der Waals surface area contributed by atoms with E-state index in [0.29, 0.717) is 36.4 Å². The summed E-state index contributed by atoms with van der Waals surface area (Å²) in [5.41, 5.74) is 2.15. The number of amides is 1. The Morgan fingerprint density at radius 3 is 2.22 bits per heavy atom. The smallest absolute Gasteiger partial charge is 0.340 e. The first-order valence-corrected chi connectivity index (χ1v) is 8.45. The third-order valence-electron chi connectivity index (χ3n) is 4.27. The zero-order valence-corrected chi connectivity index (χ0v) is 15.9. The molecule has 0 bridgehead atoms. The molecule has 7 nitrogen and oxygen atoms in total. The van der Waals surface area contributed by atoms with Crippen molar-refractivity contribution in [3.8, 4) is 0 Å². The highest BCUT2D eigenvalue weighted by atomic mass is 16.5. The van der Waals surface area contributed by atoms with Crippen LogP contribution in [0.15, 0.2) is 41.1 Å². The number of methoxy groups -OCH3 is 3. The van der Waals surface area contributed by atoms with E-state index in [2.05, 4.69) is 4.74 Å². The number of rotatable bonds is 7. The zero-order chi connectivity index (χ0) is 20.0. The van der Waals surface area contributed by atoms with Gasteiger partial charge in [-0.15, -0.1) is 0 Å². The summed E-state index contributed by atoms with van der Waals surface area (Å²) in [6.07, 6.45) is 2.27. The van der Waals surface area contributed by atoms with Gasteiger partial charge < -0.3 is 19.1 Å². The Kier molecular flexibility index (Phi) is 6.90. The molecule has 0 fully saturated rings. The van der Waals surface area contributed by atoms with Crippen LogP contribution in [0.1, 0.15) is 29.3 Å². The third kappa shape index (κ3) is 4.43. The maximum Gasteiger partial charge on any atom is 0.340 e. The number of esters is 2. The molecular formula is C20H23NO6. The summed E-state index contributed by atoms with van der Waals surface area (Å²) in [6, 6.07) is 6.57. The number of allylic oxidation sites excluding steroid dienone is 1. The molecule has 1 aromatic rings. The van der Waals surface area contributed by atoms with Crippen LogP contribution in [-0.4, -0.2) is 57.2 Å². The van der Waals surface area contributed by atoms with Gasteiger partial charge in [0, 0.05) is 26.0 Å². The molecule has 27 heavy (non-hydrogen) atoms. The lowest BCUT2D eigenvalue weighted by Gasteiger charge is -2.17. The summed E-state index contributed by atoms with van der Waals surface area (Å²) in [6.45, 7) is 2.68. The van der Waals surface area contributed by atoms with Gasteiger partial charge in [0.25, 0.3) is 5.91 Å². The Labute approximate surface area is 158 Å². The Morgan fingerprint density at radius 1 is 1.04 bits per heavy atom. The second-order valence-electron chi connectivity index (χ2n) is 5.93. The molecule has 0 unspecified atom stereocenters. The molecule has 0 saturated carbocycles. The maximum absolute atomic E-state index is 12.9. The highest BCUT2D eigenvalue weighted by Crippen LogP contribution is 2.31. The fourth-order valence-electron chi connectivity index (χ4n) is 2.86. The molecule has 0 N–H and O–H groups in total. The molecule has 2 rings (SSSR count). The SMILES string of the molecule is COCCCN1C(=O)C(=Cc2ccc(C(=O)OC)cc2)C(C(=O)OC)=C1C. The van der Waals surface area contributed by atoms with Gasteiger partial charge in [-0.2, -0.15) is 0 Å². The number of ether oxygens (including phenoxy) is 3. The first-order valence-electron chi connectivity index (χ1n) is 8.45. The summed E-state index contributed by atoms with van der Waals surface area (Å²) in [4.78, 5) is 38.2. The number of benzene rings is 1. The fourth-order valence-corrected chi connectivity index (χ4v) is 2.86.